The van der Waals surface area contributed by atoms with E-state index in [9.17, 15) is 8.42 Å². The van der Waals surface area contributed by atoms with Crippen molar-refractivity contribution in [3.05, 3.63) is 17.9 Å². The molecule has 1 atom stereocenters. The Bertz CT molecular complexity index is 550. The number of nitrogens with two attached hydrogens (primary N) is 1. The van der Waals surface area contributed by atoms with Crippen molar-refractivity contribution in [3.8, 4) is 0 Å². The van der Waals surface area contributed by atoms with Crippen molar-refractivity contribution in [1.82, 2.24) is 9.62 Å². The smallest absolute Gasteiger partial charge is 0.274 e. The number of hydrogen-bond donors (Lipinski definition) is 2. The lowest BCUT2D eigenvalue weighted by Crippen LogP contribution is -2.37. The molecule has 106 valence electrons. The maximum Gasteiger partial charge on any atom is 0.274 e. The number of hydrogen-bond acceptors (Lipinski definition) is 5. The van der Waals surface area contributed by atoms with Crippen LogP contribution in [0.4, 0.5) is 0 Å². The van der Waals surface area contributed by atoms with Crippen molar-refractivity contribution in [2.45, 2.75) is 43.0 Å². The van der Waals surface area contributed by atoms with Gasteiger partial charge in [-0.15, -0.1) is 0 Å². The van der Waals surface area contributed by atoms with Gasteiger partial charge in [0.15, 0.2) is 0 Å². The molecule has 19 heavy (non-hydrogen) atoms. The van der Waals surface area contributed by atoms with E-state index in [1.54, 1.807) is 6.07 Å². The minimum absolute atomic E-state index is 0.0166. The summed E-state index contributed by atoms with van der Waals surface area (Å²) in [6.45, 7) is 1.98. The van der Waals surface area contributed by atoms with Crippen molar-refractivity contribution >= 4 is 10.0 Å². The fourth-order valence-corrected chi connectivity index (χ4v) is 3.76. The van der Waals surface area contributed by atoms with Crippen molar-refractivity contribution < 1.29 is 12.8 Å². The Morgan fingerprint density at radius 2 is 2.16 bits per heavy atom. The molecule has 1 aromatic rings. The van der Waals surface area contributed by atoms with Crippen molar-refractivity contribution in [2.75, 3.05) is 13.1 Å². The van der Waals surface area contributed by atoms with E-state index in [1.165, 1.54) is 18.9 Å². The van der Waals surface area contributed by atoms with Gasteiger partial charge in [0, 0.05) is 25.2 Å². The van der Waals surface area contributed by atoms with E-state index >= 15 is 0 Å². The first kappa shape index (κ1) is 13.1. The Morgan fingerprint density at radius 1 is 1.37 bits per heavy atom. The van der Waals surface area contributed by atoms with Crippen LogP contribution in [-0.2, 0) is 16.6 Å². The van der Waals surface area contributed by atoms with Crippen molar-refractivity contribution in [1.29, 1.82) is 0 Å². The molecule has 6 nitrogen and oxygen atoms in total. The van der Waals surface area contributed by atoms with Crippen LogP contribution in [0.2, 0.25) is 0 Å². The predicted molar refractivity (Wildman–Crippen MR) is 69.9 cm³/mol. The molecule has 0 amide bonds. The molecular formula is C12H19N3O3S. The zero-order valence-corrected chi connectivity index (χ0v) is 11.5. The first-order chi connectivity index (χ1) is 9.08. The molecule has 2 aliphatic rings. The molecule has 1 aliphatic carbocycles. The molecule has 0 aromatic carbocycles. The van der Waals surface area contributed by atoms with Gasteiger partial charge >= 0.3 is 0 Å². The molecule has 2 heterocycles. The van der Waals surface area contributed by atoms with Crippen molar-refractivity contribution in [2.24, 2.45) is 5.73 Å². The van der Waals surface area contributed by atoms with Crippen LogP contribution in [0.15, 0.2) is 21.6 Å². The molecule has 2 fully saturated rings. The highest BCUT2D eigenvalue weighted by Gasteiger charge is 2.36. The molecule has 1 aliphatic heterocycles. The minimum Gasteiger partial charge on any atom is -0.447 e. The largest absolute Gasteiger partial charge is 0.447 e. The summed E-state index contributed by atoms with van der Waals surface area (Å²) in [6.07, 6.45) is 3.36. The number of nitrogens with one attached hydrogen (secondary N) is 1. The summed E-state index contributed by atoms with van der Waals surface area (Å²) in [5.41, 5.74) is 5.41. The summed E-state index contributed by atoms with van der Waals surface area (Å²) in [5.74, 6) is 0.478. The average molecular weight is 285 g/mol. The van der Waals surface area contributed by atoms with Crippen molar-refractivity contribution in [3.63, 3.8) is 0 Å². The lowest BCUT2D eigenvalue weighted by atomic mass is 10.3. The summed E-state index contributed by atoms with van der Waals surface area (Å²) < 4.78 is 32.2. The van der Waals surface area contributed by atoms with Gasteiger partial charge in [0.1, 0.15) is 5.76 Å². The summed E-state index contributed by atoms with van der Waals surface area (Å²) in [6, 6.07) is 3.72. The summed E-state index contributed by atoms with van der Waals surface area (Å²) in [4.78, 5) is 2.36. The average Bonchev–Trinajstić information content (AvgIpc) is 2.92. The van der Waals surface area contributed by atoms with Crippen LogP contribution in [-0.4, -0.2) is 38.5 Å². The number of nitrogens with zero attached hydrogens (tertiary/aromatic N) is 1. The normalized spacial score (nSPS) is 25.0. The van der Waals surface area contributed by atoms with Gasteiger partial charge in [0.05, 0.1) is 6.54 Å². The minimum atomic E-state index is -3.56. The molecule has 0 bridgehead atoms. The second-order valence-electron chi connectivity index (χ2n) is 5.26. The second-order valence-corrected chi connectivity index (χ2v) is 6.90. The molecule has 1 saturated carbocycles. The maximum atomic E-state index is 12.1. The quantitative estimate of drug-likeness (QED) is 0.810. The Kier molecular flexibility index (Phi) is 3.38. The molecule has 1 unspecified atom stereocenters. The van der Waals surface area contributed by atoms with E-state index in [0.29, 0.717) is 11.8 Å². The molecule has 3 N–H and O–H groups in total. The highest BCUT2D eigenvalue weighted by molar-refractivity contribution is 7.89. The van der Waals surface area contributed by atoms with E-state index < -0.39 is 10.0 Å². The third-order valence-corrected chi connectivity index (χ3v) is 5.10. The van der Waals surface area contributed by atoms with Crippen LogP contribution in [0.25, 0.3) is 0 Å². The van der Waals surface area contributed by atoms with Gasteiger partial charge in [0.2, 0.25) is 5.09 Å². The van der Waals surface area contributed by atoms with Gasteiger partial charge in [-0.3, -0.25) is 4.90 Å². The number of sulfonamides is 1. The van der Waals surface area contributed by atoms with Gasteiger partial charge < -0.3 is 10.2 Å². The Morgan fingerprint density at radius 3 is 2.79 bits per heavy atom. The zero-order valence-electron chi connectivity index (χ0n) is 10.7. The van der Waals surface area contributed by atoms with E-state index in [1.807, 2.05) is 0 Å². The lowest BCUT2D eigenvalue weighted by Gasteiger charge is -2.15. The lowest BCUT2D eigenvalue weighted by molar-refractivity contribution is 0.321. The van der Waals surface area contributed by atoms with Crippen LogP contribution in [0.5, 0.6) is 0 Å². The van der Waals surface area contributed by atoms with Crippen LogP contribution < -0.4 is 10.5 Å². The molecule has 1 aromatic heterocycles. The fourth-order valence-electron chi connectivity index (χ4n) is 2.54. The van der Waals surface area contributed by atoms with Crippen LogP contribution >= 0.6 is 0 Å². The highest BCUT2D eigenvalue weighted by atomic mass is 32.2. The second kappa shape index (κ2) is 4.90. The third-order valence-electron chi connectivity index (χ3n) is 3.71. The molecule has 7 heteroatoms. The monoisotopic (exact) mass is 285 g/mol. The van der Waals surface area contributed by atoms with Gasteiger partial charge in [-0.05, 0) is 31.4 Å². The van der Waals surface area contributed by atoms with E-state index in [0.717, 1.165) is 19.5 Å². The van der Waals surface area contributed by atoms with Crippen LogP contribution in [0.1, 0.15) is 25.0 Å². The SMILES string of the molecule is NCc1ccc(S(=O)(=O)NC2CCN(C3CC3)C2)o1. The van der Waals surface area contributed by atoms with E-state index in [-0.39, 0.29) is 17.7 Å². The highest BCUT2D eigenvalue weighted by Crippen LogP contribution is 2.30. The third kappa shape index (κ3) is 2.84. The topological polar surface area (TPSA) is 88.6 Å². The van der Waals surface area contributed by atoms with Crippen LogP contribution in [0.3, 0.4) is 0 Å². The molecular weight excluding hydrogens is 266 g/mol. The zero-order chi connectivity index (χ0) is 13.5. The van der Waals surface area contributed by atoms with Crippen LogP contribution in [0, 0.1) is 0 Å². The molecule has 3 rings (SSSR count). The predicted octanol–water partition coefficient (Wildman–Crippen LogP) is 0.253. The standard InChI is InChI=1S/C12H19N3O3S/c13-7-11-3-4-12(18-11)19(16,17)14-9-5-6-15(8-9)10-1-2-10/h3-4,9-10,14H,1-2,5-8,13H2. The first-order valence-corrected chi connectivity index (χ1v) is 8.12. The van der Waals surface area contributed by atoms with Gasteiger partial charge in [-0.25, -0.2) is 13.1 Å². The number of likely N-dealkylation sites (tertiary alicyclic amines) is 1. The van der Waals surface area contributed by atoms with E-state index in [2.05, 4.69) is 9.62 Å². The Labute approximate surface area is 113 Å². The van der Waals surface area contributed by atoms with E-state index in [4.69, 9.17) is 10.2 Å². The number of rotatable bonds is 5. The molecule has 0 radical (unpaired) electrons. The summed E-state index contributed by atoms with van der Waals surface area (Å²) >= 11 is 0. The molecule has 0 spiro atoms. The summed E-state index contributed by atoms with van der Waals surface area (Å²) in [7, 11) is -3.56. The van der Waals surface area contributed by atoms with Gasteiger partial charge in [-0.1, -0.05) is 0 Å². The van der Waals surface area contributed by atoms with Gasteiger partial charge in [0.25, 0.3) is 10.0 Å². The summed E-state index contributed by atoms with van der Waals surface area (Å²) in [5, 5.41) is -0.0437. The molecule has 1 saturated heterocycles. The Balaban J connectivity index is 1.64. The Hall–Kier alpha value is -0.890. The fraction of sp³-hybridized carbons (Fsp3) is 0.667. The maximum absolute atomic E-state index is 12.1. The number of furan rings is 1. The first-order valence-electron chi connectivity index (χ1n) is 6.63. The van der Waals surface area contributed by atoms with Gasteiger partial charge in [-0.2, -0.15) is 0 Å².